The molecule has 6 nitrogen and oxygen atoms in total. The van der Waals surface area contributed by atoms with Gasteiger partial charge in [0, 0.05) is 19.6 Å². The van der Waals surface area contributed by atoms with E-state index in [1.54, 1.807) is 7.11 Å². The second-order valence-electron chi connectivity index (χ2n) is 9.93. The molecule has 1 N–H and O–H groups in total. The van der Waals surface area contributed by atoms with Gasteiger partial charge < -0.3 is 14.7 Å². The minimum atomic E-state index is -0.697. The van der Waals surface area contributed by atoms with Crippen molar-refractivity contribution in [3.05, 3.63) is 64.2 Å². The Labute approximate surface area is 208 Å². The van der Waals surface area contributed by atoms with Crippen molar-refractivity contribution in [3.8, 4) is 5.75 Å². The van der Waals surface area contributed by atoms with E-state index in [1.165, 1.54) is 48.8 Å². The highest BCUT2D eigenvalue weighted by Gasteiger charge is 2.32. The largest absolute Gasteiger partial charge is 0.496 e. The molecule has 0 amide bonds. The third-order valence-electron chi connectivity index (χ3n) is 7.48. The minimum Gasteiger partial charge on any atom is -0.496 e. The van der Waals surface area contributed by atoms with Gasteiger partial charge in [-0.05, 0) is 72.1 Å². The number of likely N-dealkylation sites (tertiary alicyclic amines) is 1. The molecule has 0 atom stereocenters. The molecule has 4 rings (SSSR count). The fourth-order valence-corrected chi connectivity index (χ4v) is 5.28. The van der Waals surface area contributed by atoms with Gasteiger partial charge in [-0.15, -0.1) is 0 Å². The molecule has 0 unspecified atom stereocenters. The second kappa shape index (κ2) is 11.7. The first-order valence-corrected chi connectivity index (χ1v) is 12.9. The zero-order chi connectivity index (χ0) is 24.8. The summed E-state index contributed by atoms with van der Waals surface area (Å²) in [6, 6.07) is 12.8. The zero-order valence-corrected chi connectivity index (χ0v) is 21.3. The number of aryl methyl sites for hydroxylation is 1. The highest BCUT2D eigenvalue weighted by atomic mass is 16.6. The Kier molecular flexibility index (Phi) is 8.45. The number of carbonyl (C=O) groups is 1. The molecule has 35 heavy (non-hydrogen) atoms. The van der Waals surface area contributed by atoms with E-state index in [0.29, 0.717) is 25.6 Å². The van der Waals surface area contributed by atoms with E-state index in [2.05, 4.69) is 53.4 Å². The predicted molar refractivity (Wildman–Crippen MR) is 138 cm³/mol. The van der Waals surface area contributed by atoms with Crippen molar-refractivity contribution in [2.75, 3.05) is 20.2 Å². The molecule has 0 radical (unpaired) electrons. The van der Waals surface area contributed by atoms with Crippen LogP contribution in [0.4, 0.5) is 0 Å². The molecule has 1 saturated heterocycles. The van der Waals surface area contributed by atoms with E-state index in [9.17, 15) is 4.79 Å². The van der Waals surface area contributed by atoms with Crippen LogP contribution in [-0.4, -0.2) is 41.9 Å². The summed E-state index contributed by atoms with van der Waals surface area (Å²) in [5, 5.41) is 13.5. The molecule has 1 saturated carbocycles. The first kappa shape index (κ1) is 25.2. The number of benzene rings is 2. The summed E-state index contributed by atoms with van der Waals surface area (Å²) >= 11 is 0. The Balaban J connectivity index is 1.36. The van der Waals surface area contributed by atoms with Gasteiger partial charge in [-0.1, -0.05) is 55.6 Å². The van der Waals surface area contributed by atoms with Crippen molar-refractivity contribution in [2.45, 2.75) is 71.4 Å². The summed E-state index contributed by atoms with van der Waals surface area (Å²) in [4.78, 5) is 19.0. The van der Waals surface area contributed by atoms with Crippen LogP contribution in [0.5, 0.6) is 5.75 Å². The lowest BCUT2D eigenvalue weighted by atomic mass is 9.83. The molecule has 2 aromatic rings. The van der Waals surface area contributed by atoms with Gasteiger partial charge in [0.2, 0.25) is 0 Å². The molecule has 188 valence electrons. The average Bonchev–Trinajstić information content (AvgIpc) is 2.86. The fraction of sp³-hybridized carbons (Fsp3) is 0.517. The van der Waals surface area contributed by atoms with Crippen LogP contribution in [0.25, 0.3) is 0 Å². The lowest BCUT2D eigenvalue weighted by molar-refractivity contribution is -0.147. The van der Waals surface area contributed by atoms with E-state index >= 15 is 0 Å². The molecule has 1 heterocycles. The number of oxime groups is 1. The summed E-state index contributed by atoms with van der Waals surface area (Å²) in [5.74, 6) is 0.634. The monoisotopic (exact) mass is 478 g/mol. The standard InChI is InChI=1S/C29H38N2O4/c1-4-22-15-24(11-12-25(22)16-31-17-26(18-31)29(32)33)20(2)30-35-19-21-10-13-27(28(14-21)34-3)23-8-6-5-7-9-23/h10-15,23,26H,4-9,16-19H2,1-3H3,(H,32,33)/b30-20-. The van der Waals surface area contributed by atoms with Crippen LogP contribution in [0.15, 0.2) is 41.6 Å². The van der Waals surface area contributed by atoms with Crippen molar-refractivity contribution in [1.29, 1.82) is 0 Å². The van der Waals surface area contributed by atoms with Crippen molar-refractivity contribution < 1.29 is 19.5 Å². The summed E-state index contributed by atoms with van der Waals surface area (Å²) in [6.45, 7) is 6.55. The zero-order valence-electron chi connectivity index (χ0n) is 21.3. The van der Waals surface area contributed by atoms with Crippen LogP contribution < -0.4 is 4.74 Å². The smallest absolute Gasteiger partial charge is 0.309 e. The molecule has 0 aromatic heterocycles. The molecule has 0 bridgehead atoms. The minimum absolute atomic E-state index is 0.227. The Hall–Kier alpha value is -2.86. The molecule has 1 aliphatic heterocycles. The van der Waals surface area contributed by atoms with Gasteiger partial charge >= 0.3 is 5.97 Å². The topological polar surface area (TPSA) is 71.4 Å². The number of ether oxygens (including phenoxy) is 1. The number of carboxylic acids is 1. The number of carboxylic acid groups (broad SMARTS) is 1. The quantitative estimate of drug-likeness (QED) is 0.347. The van der Waals surface area contributed by atoms with Crippen LogP contribution >= 0.6 is 0 Å². The van der Waals surface area contributed by atoms with Gasteiger partial charge in [0.25, 0.3) is 0 Å². The number of hydrogen-bond donors (Lipinski definition) is 1. The first-order chi connectivity index (χ1) is 17.0. The van der Waals surface area contributed by atoms with Crippen LogP contribution in [0.3, 0.4) is 0 Å². The third-order valence-corrected chi connectivity index (χ3v) is 7.48. The molecule has 1 aliphatic carbocycles. The number of rotatable bonds is 10. The average molecular weight is 479 g/mol. The Bertz CT molecular complexity index is 1050. The fourth-order valence-electron chi connectivity index (χ4n) is 5.28. The lowest BCUT2D eigenvalue weighted by Gasteiger charge is -2.37. The second-order valence-corrected chi connectivity index (χ2v) is 9.93. The highest BCUT2D eigenvalue weighted by Crippen LogP contribution is 2.37. The van der Waals surface area contributed by atoms with Gasteiger partial charge in [0.1, 0.15) is 12.4 Å². The highest BCUT2D eigenvalue weighted by molar-refractivity contribution is 5.98. The number of hydrogen-bond acceptors (Lipinski definition) is 5. The molecule has 2 aliphatic rings. The van der Waals surface area contributed by atoms with Crippen molar-refractivity contribution in [1.82, 2.24) is 4.90 Å². The van der Waals surface area contributed by atoms with Gasteiger partial charge in [0.05, 0.1) is 18.7 Å². The van der Waals surface area contributed by atoms with Gasteiger partial charge in [-0.3, -0.25) is 9.69 Å². The number of aliphatic carboxylic acids is 1. The SMILES string of the molecule is CCc1cc(/C(C)=N\OCc2ccc(C3CCCCC3)c(OC)c2)ccc1CN1CC(C(=O)O)C1. The maximum absolute atomic E-state index is 11.1. The van der Waals surface area contributed by atoms with Gasteiger partial charge in [0.15, 0.2) is 0 Å². The van der Waals surface area contributed by atoms with E-state index in [1.807, 2.05) is 6.92 Å². The van der Waals surface area contributed by atoms with Gasteiger partial charge in [-0.25, -0.2) is 0 Å². The van der Waals surface area contributed by atoms with Crippen molar-refractivity contribution >= 4 is 11.7 Å². The van der Waals surface area contributed by atoms with Crippen LogP contribution in [-0.2, 0) is 29.2 Å². The third kappa shape index (κ3) is 6.23. The van der Waals surface area contributed by atoms with E-state index in [0.717, 1.165) is 35.6 Å². The summed E-state index contributed by atoms with van der Waals surface area (Å²) < 4.78 is 5.71. The normalized spacial score (nSPS) is 17.7. The van der Waals surface area contributed by atoms with Crippen molar-refractivity contribution in [2.24, 2.45) is 11.1 Å². The summed E-state index contributed by atoms with van der Waals surface area (Å²) in [6.07, 6.45) is 7.36. The summed E-state index contributed by atoms with van der Waals surface area (Å²) in [5.41, 5.74) is 6.77. The first-order valence-electron chi connectivity index (χ1n) is 12.9. The maximum Gasteiger partial charge on any atom is 0.309 e. The summed E-state index contributed by atoms with van der Waals surface area (Å²) in [7, 11) is 1.75. The Morgan fingerprint density at radius 3 is 2.54 bits per heavy atom. The molecule has 2 fully saturated rings. The van der Waals surface area contributed by atoms with E-state index in [-0.39, 0.29) is 5.92 Å². The van der Waals surface area contributed by atoms with Crippen LogP contribution in [0.2, 0.25) is 0 Å². The molecular weight excluding hydrogens is 440 g/mol. The van der Waals surface area contributed by atoms with E-state index < -0.39 is 5.97 Å². The van der Waals surface area contributed by atoms with Crippen molar-refractivity contribution in [3.63, 3.8) is 0 Å². The molecule has 2 aromatic carbocycles. The lowest BCUT2D eigenvalue weighted by Crippen LogP contribution is -2.49. The number of methoxy groups -OCH3 is 1. The van der Waals surface area contributed by atoms with Gasteiger partial charge in [-0.2, -0.15) is 0 Å². The molecular formula is C29H38N2O4. The maximum atomic E-state index is 11.1. The van der Waals surface area contributed by atoms with Crippen LogP contribution in [0, 0.1) is 5.92 Å². The predicted octanol–water partition coefficient (Wildman–Crippen LogP) is 5.76. The Morgan fingerprint density at radius 1 is 1.09 bits per heavy atom. The number of nitrogens with zero attached hydrogens (tertiary/aromatic N) is 2. The van der Waals surface area contributed by atoms with E-state index in [4.69, 9.17) is 14.7 Å². The molecule has 0 spiro atoms. The Morgan fingerprint density at radius 2 is 1.86 bits per heavy atom. The molecule has 6 heteroatoms. The van der Waals surface area contributed by atoms with Crippen LogP contribution in [0.1, 0.15) is 79.7 Å².